The predicted octanol–water partition coefficient (Wildman–Crippen LogP) is 4.22. The molecule has 0 bridgehead atoms. The van der Waals surface area contributed by atoms with E-state index >= 15 is 0 Å². The summed E-state index contributed by atoms with van der Waals surface area (Å²) in [6, 6.07) is 0. The molecule has 1 rings (SSSR count). The highest BCUT2D eigenvalue weighted by atomic mass is 35.5. The van der Waals surface area contributed by atoms with Gasteiger partial charge in [0.2, 0.25) is 0 Å². The first kappa shape index (κ1) is 10.4. The molecule has 1 aliphatic rings. The number of hydrogen-bond acceptors (Lipinski definition) is 0. The van der Waals surface area contributed by atoms with Crippen LogP contribution in [-0.4, -0.2) is 5.38 Å². The first-order valence-electron chi connectivity index (χ1n) is 5.40. The minimum absolute atomic E-state index is 0.490. The van der Waals surface area contributed by atoms with E-state index < -0.39 is 0 Å². The highest BCUT2D eigenvalue weighted by Gasteiger charge is 2.24. The summed E-state index contributed by atoms with van der Waals surface area (Å²) >= 11 is 6.08. The third kappa shape index (κ3) is 2.97. The number of rotatable bonds is 4. The van der Waals surface area contributed by atoms with Crippen LogP contribution in [0.3, 0.4) is 0 Å². The predicted molar refractivity (Wildman–Crippen MR) is 55.7 cm³/mol. The molecule has 1 saturated carbocycles. The molecule has 0 amide bonds. The van der Waals surface area contributed by atoms with E-state index in [1.165, 1.54) is 38.5 Å². The van der Waals surface area contributed by atoms with Gasteiger partial charge in [0.05, 0.1) is 0 Å². The Bertz CT molecular complexity index is 118. The maximum absolute atomic E-state index is 6.08. The number of alkyl halides is 1. The fourth-order valence-corrected chi connectivity index (χ4v) is 2.70. The minimum atomic E-state index is 0.490. The van der Waals surface area contributed by atoms with Crippen molar-refractivity contribution in [1.82, 2.24) is 0 Å². The van der Waals surface area contributed by atoms with Crippen LogP contribution in [0.5, 0.6) is 0 Å². The van der Waals surface area contributed by atoms with Gasteiger partial charge in [-0.3, -0.25) is 0 Å². The molecule has 0 nitrogen and oxygen atoms in total. The Morgan fingerprint density at radius 3 is 2.33 bits per heavy atom. The average Bonchev–Trinajstić information content (AvgIpc) is 2.47. The lowest BCUT2D eigenvalue weighted by Gasteiger charge is -2.16. The Kier molecular flexibility index (Phi) is 4.42. The Morgan fingerprint density at radius 1 is 1.25 bits per heavy atom. The Hall–Kier alpha value is 0.290. The Morgan fingerprint density at radius 2 is 1.92 bits per heavy atom. The molecule has 2 atom stereocenters. The highest BCUT2D eigenvalue weighted by Crippen LogP contribution is 2.35. The van der Waals surface area contributed by atoms with Gasteiger partial charge in [-0.25, -0.2) is 0 Å². The molecular formula is C11H21Cl. The zero-order chi connectivity index (χ0) is 8.97. The van der Waals surface area contributed by atoms with Gasteiger partial charge in [-0.05, 0) is 37.5 Å². The minimum Gasteiger partial charge on any atom is -0.123 e. The first-order chi connectivity index (χ1) is 5.76. The zero-order valence-electron chi connectivity index (χ0n) is 8.35. The molecule has 0 aliphatic heterocycles. The van der Waals surface area contributed by atoms with E-state index in [0.717, 1.165) is 11.8 Å². The maximum atomic E-state index is 6.08. The van der Waals surface area contributed by atoms with E-state index in [2.05, 4.69) is 13.8 Å². The molecule has 0 radical (unpaired) electrons. The van der Waals surface area contributed by atoms with E-state index in [1.807, 2.05) is 0 Å². The van der Waals surface area contributed by atoms with Crippen LogP contribution in [0.2, 0.25) is 0 Å². The summed E-state index contributed by atoms with van der Waals surface area (Å²) in [5.41, 5.74) is 0. The van der Waals surface area contributed by atoms with E-state index in [9.17, 15) is 0 Å². The van der Waals surface area contributed by atoms with E-state index in [4.69, 9.17) is 11.6 Å². The zero-order valence-corrected chi connectivity index (χ0v) is 9.11. The van der Waals surface area contributed by atoms with Crippen molar-refractivity contribution >= 4 is 11.6 Å². The summed E-state index contributed by atoms with van der Waals surface area (Å²) in [6.45, 7) is 4.61. The van der Waals surface area contributed by atoms with Crippen molar-refractivity contribution in [2.75, 3.05) is 0 Å². The van der Waals surface area contributed by atoms with Crippen LogP contribution in [0, 0.1) is 11.8 Å². The fraction of sp³-hybridized carbons (Fsp3) is 1.00. The molecule has 1 fully saturated rings. The molecule has 1 aliphatic carbocycles. The van der Waals surface area contributed by atoms with Crippen LogP contribution in [-0.2, 0) is 0 Å². The van der Waals surface area contributed by atoms with Crippen molar-refractivity contribution < 1.29 is 0 Å². The SMILES string of the molecule is CCC(CC)CC1CCC(Cl)C1. The molecule has 0 spiro atoms. The second-order valence-electron chi connectivity index (χ2n) is 4.19. The average molecular weight is 189 g/mol. The first-order valence-corrected chi connectivity index (χ1v) is 5.83. The molecule has 0 saturated heterocycles. The van der Waals surface area contributed by atoms with Gasteiger partial charge >= 0.3 is 0 Å². The summed E-state index contributed by atoms with van der Waals surface area (Å²) in [5.74, 6) is 1.90. The molecule has 72 valence electrons. The van der Waals surface area contributed by atoms with Crippen molar-refractivity contribution in [3.8, 4) is 0 Å². The van der Waals surface area contributed by atoms with Crippen molar-refractivity contribution in [2.24, 2.45) is 11.8 Å². The molecule has 12 heavy (non-hydrogen) atoms. The van der Waals surface area contributed by atoms with Crippen molar-refractivity contribution in [2.45, 2.75) is 57.7 Å². The van der Waals surface area contributed by atoms with Crippen LogP contribution >= 0.6 is 11.6 Å². The van der Waals surface area contributed by atoms with Gasteiger partial charge in [-0.2, -0.15) is 0 Å². The molecule has 0 heterocycles. The lowest BCUT2D eigenvalue weighted by Crippen LogP contribution is -2.05. The summed E-state index contributed by atoms with van der Waals surface area (Å²) < 4.78 is 0. The topological polar surface area (TPSA) is 0 Å². The summed E-state index contributed by atoms with van der Waals surface area (Å²) in [5, 5.41) is 0.490. The van der Waals surface area contributed by atoms with Gasteiger partial charge < -0.3 is 0 Å². The second-order valence-corrected chi connectivity index (χ2v) is 4.81. The molecule has 0 aromatic heterocycles. The lowest BCUT2D eigenvalue weighted by molar-refractivity contribution is 0.358. The third-order valence-corrected chi connectivity index (χ3v) is 3.69. The standard InChI is InChI=1S/C11H21Cl/c1-3-9(4-2)7-10-5-6-11(12)8-10/h9-11H,3-8H2,1-2H3. The molecule has 0 N–H and O–H groups in total. The Balaban J connectivity index is 2.21. The lowest BCUT2D eigenvalue weighted by atomic mass is 9.90. The molecular weight excluding hydrogens is 168 g/mol. The van der Waals surface area contributed by atoms with Crippen molar-refractivity contribution in [3.63, 3.8) is 0 Å². The van der Waals surface area contributed by atoms with Crippen LogP contribution in [0.4, 0.5) is 0 Å². The van der Waals surface area contributed by atoms with Gasteiger partial charge in [-0.15, -0.1) is 11.6 Å². The molecule has 0 aromatic carbocycles. The van der Waals surface area contributed by atoms with E-state index in [1.54, 1.807) is 0 Å². The molecule has 0 aromatic rings. The van der Waals surface area contributed by atoms with Gasteiger partial charge in [0.25, 0.3) is 0 Å². The fourth-order valence-electron chi connectivity index (χ4n) is 2.32. The van der Waals surface area contributed by atoms with Crippen LogP contribution in [0.15, 0.2) is 0 Å². The quantitative estimate of drug-likeness (QED) is 0.580. The van der Waals surface area contributed by atoms with Crippen LogP contribution in [0.25, 0.3) is 0 Å². The van der Waals surface area contributed by atoms with Gasteiger partial charge in [-0.1, -0.05) is 26.7 Å². The summed E-state index contributed by atoms with van der Waals surface area (Å²) in [7, 11) is 0. The van der Waals surface area contributed by atoms with Gasteiger partial charge in [0.15, 0.2) is 0 Å². The Labute approximate surface area is 81.7 Å². The van der Waals surface area contributed by atoms with E-state index in [0.29, 0.717) is 5.38 Å². The van der Waals surface area contributed by atoms with Gasteiger partial charge in [0, 0.05) is 5.38 Å². The summed E-state index contributed by atoms with van der Waals surface area (Å²) in [4.78, 5) is 0. The second kappa shape index (κ2) is 5.11. The van der Waals surface area contributed by atoms with Crippen LogP contribution in [0.1, 0.15) is 52.4 Å². The highest BCUT2D eigenvalue weighted by molar-refractivity contribution is 6.20. The van der Waals surface area contributed by atoms with E-state index in [-0.39, 0.29) is 0 Å². The molecule has 2 unspecified atom stereocenters. The third-order valence-electron chi connectivity index (χ3n) is 3.30. The van der Waals surface area contributed by atoms with Crippen molar-refractivity contribution in [1.29, 1.82) is 0 Å². The molecule has 1 heteroatoms. The number of halogens is 1. The maximum Gasteiger partial charge on any atom is 0.0338 e. The monoisotopic (exact) mass is 188 g/mol. The van der Waals surface area contributed by atoms with Gasteiger partial charge in [0.1, 0.15) is 0 Å². The van der Waals surface area contributed by atoms with Crippen LogP contribution < -0.4 is 0 Å². The smallest absolute Gasteiger partial charge is 0.0338 e. The number of hydrogen-bond donors (Lipinski definition) is 0. The summed E-state index contributed by atoms with van der Waals surface area (Å²) in [6.07, 6.45) is 8.03. The largest absolute Gasteiger partial charge is 0.123 e. The van der Waals surface area contributed by atoms with Crippen molar-refractivity contribution in [3.05, 3.63) is 0 Å². The normalized spacial score (nSPS) is 30.0.